The number of hydrogen-bond donors (Lipinski definition) is 1. The first-order valence-electron chi connectivity index (χ1n) is 6.65. The third-order valence-corrected chi connectivity index (χ3v) is 3.32. The Morgan fingerprint density at radius 3 is 2.95 bits per heavy atom. The lowest BCUT2D eigenvalue weighted by atomic mass is 10.1. The number of pyridine rings is 1. The van der Waals surface area contributed by atoms with Gasteiger partial charge < -0.3 is 19.5 Å². The minimum absolute atomic E-state index is 0.145. The van der Waals surface area contributed by atoms with E-state index < -0.39 is 12.0 Å². The lowest BCUT2D eigenvalue weighted by molar-refractivity contribution is -0.139. The average molecular weight is 294 g/mol. The predicted molar refractivity (Wildman–Crippen MR) is 73.4 cm³/mol. The number of carboxylic acids is 1. The number of nitrogens with zero attached hydrogens (tertiary/aromatic N) is 2. The van der Waals surface area contributed by atoms with Gasteiger partial charge in [0.15, 0.2) is 0 Å². The van der Waals surface area contributed by atoms with Gasteiger partial charge in [0.05, 0.1) is 32.8 Å². The molecule has 2 heterocycles. The van der Waals surface area contributed by atoms with Crippen molar-refractivity contribution in [2.24, 2.45) is 0 Å². The average Bonchev–Trinajstić information content (AvgIpc) is 2.46. The molecule has 21 heavy (non-hydrogen) atoms. The number of hydrogen-bond acceptors (Lipinski definition) is 5. The lowest BCUT2D eigenvalue weighted by Crippen LogP contribution is -2.49. The molecule has 2 rings (SSSR count). The number of carboxylic acid groups (broad SMARTS) is 1. The molecule has 114 valence electrons. The van der Waals surface area contributed by atoms with Crippen LogP contribution in [0.1, 0.15) is 22.5 Å². The normalized spacial score (nSPS) is 18.4. The fraction of sp³-hybridized carbons (Fsp3) is 0.500. The first-order chi connectivity index (χ1) is 10.0. The Kier molecular flexibility index (Phi) is 4.74. The maximum absolute atomic E-state index is 12.6. The number of morpholine rings is 1. The summed E-state index contributed by atoms with van der Waals surface area (Å²) in [6.07, 6.45) is -0.145. The molecular formula is C14H18N2O5. The number of carbonyl (C=O) groups excluding carboxylic acids is 1. The first-order valence-corrected chi connectivity index (χ1v) is 6.65. The molecule has 1 saturated heterocycles. The molecule has 0 radical (unpaired) electrons. The van der Waals surface area contributed by atoms with E-state index in [1.807, 2.05) is 0 Å². The molecule has 0 saturated carbocycles. The van der Waals surface area contributed by atoms with Crippen LogP contribution in [0.3, 0.4) is 0 Å². The molecule has 0 bridgehead atoms. The molecule has 1 fully saturated rings. The standard InChI is InChI=1S/C14H18N2O5/c1-9-3-4-11(13(15-9)20-2)14(19)16-5-6-21-8-10(16)7-12(17)18/h3-4,10H,5-8H2,1-2H3,(H,17,18)/t10-/m0/s1. The summed E-state index contributed by atoms with van der Waals surface area (Å²) in [6, 6.07) is 2.90. The van der Waals surface area contributed by atoms with Crippen LogP contribution >= 0.6 is 0 Å². The zero-order chi connectivity index (χ0) is 15.4. The monoisotopic (exact) mass is 294 g/mol. The van der Waals surface area contributed by atoms with Crippen LogP contribution in [0, 0.1) is 6.92 Å². The summed E-state index contributed by atoms with van der Waals surface area (Å²) in [4.78, 5) is 29.2. The summed E-state index contributed by atoms with van der Waals surface area (Å²) < 4.78 is 10.4. The van der Waals surface area contributed by atoms with Gasteiger partial charge in [-0.2, -0.15) is 0 Å². The number of carbonyl (C=O) groups is 2. The summed E-state index contributed by atoms with van der Waals surface area (Å²) >= 11 is 0. The summed E-state index contributed by atoms with van der Waals surface area (Å²) in [5, 5.41) is 8.94. The van der Waals surface area contributed by atoms with Gasteiger partial charge in [0.2, 0.25) is 5.88 Å². The molecule has 7 heteroatoms. The SMILES string of the molecule is COc1nc(C)ccc1C(=O)N1CCOC[C@@H]1CC(=O)O. The minimum atomic E-state index is -0.961. The van der Waals surface area contributed by atoms with Crippen LogP contribution in [0.25, 0.3) is 0 Å². The summed E-state index contributed by atoms with van der Waals surface area (Å²) in [5.74, 6) is -0.994. The third kappa shape index (κ3) is 3.49. The van der Waals surface area contributed by atoms with Crippen molar-refractivity contribution < 1.29 is 24.2 Å². The molecule has 0 unspecified atom stereocenters. The second kappa shape index (κ2) is 6.53. The minimum Gasteiger partial charge on any atom is -0.481 e. The Morgan fingerprint density at radius 2 is 2.29 bits per heavy atom. The number of amides is 1. The van der Waals surface area contributed by atoms with E-state index in [0.717, 1.165) is 5.69 Å². The second-order valence-corrected chi connectivity index (χ2v) is 4.83. The van der Waals surface area contributed by atoms with Crippen LogP contribution < -0.4 is 4.74 Å². The molecule has 1 aromatic heterocycles. The smallest absolute Gasteiger partial charge is 0.305 e. The van der Waals surface area contributed by atoms with E-state index in [9.17, 15) is 9.59 Å². The van der Waals surface area contributed by atoms with Crippen molar-refractivity contribution in [1.29, 1.82) is 0 Å². The van der Waals surface area contributed by atoms with Crippen LogP contribution in [0.4, 0.5) is 0 Å². The van der Waals surface area contributed by atoms with Gasteiger partial charge in [-0.3, -0.25) is 9.59 Å². The van der Waals surface area contributed by atoms with Crippen molar-refractivity contribution in [2.75, 3.05) is 26.9 Å². The van der Waals surface area contributed by atoms with Gasteiger partial charge in [-0.25, -0.2) is 4.98 Å². The van der Waals surface area contributed by atoms with E-state index in [-0.39, 0.29) is 24.8 Å². The van der Waals surface area contributed by atoms with E-state index in [1.165, 1.54) is 12.0 Å². The molecule has 0 aliphatic carbocycles. The van der Waals surface area contributed by atoms with Gasteiger partial charge in [-0.15, -0.1) is 0 Å². The van der Waals surface area contributed by atoms with Crippen LogP contribution in [-0.2, 0) is 9.53 Å². The van der Waals surface area contributed by atoms with Crippen LogP contribution in [0.15, 0.2) is 12.1 Å². The second-order valence-electron chi connectivity index (χ2n) is 4.83. The quantitative estimate of drug-likeness (QED) is 0.880. The van der Waals surface area contributed by atoms with E-state index in [1.54, 1.807) is 19.1 Å². The number of aliphatic carboxylic acids is 1. The van der Waals surface area contributed by atoms with Gasteiger partial charge in [0.25, 0.3) is 5.91 Å². The van der Waals surface area contributed by atoms with Crippen molar-refractivity contribution in [2.45, 2.75) is 19.4 Å². The number of rotatable bonds is 4. The number of methoxy groups -OCH3 is 1. The van der Waals surface area contributed by atoms with Crippen molar-refractivity contribution in [3.05, 3.63) is 23.4 Å². The molecule has 7 nitrogen and oxygen atoms in total. The Bertz CT molecular complexity index is 546. The molecule has 1 aliphatic rings. The molecule has 1 aliphatic heterocycles. The van der Waals surface area contributed by atoms with E-state index >= 15 is 0 Å². The highest BCUT2D eigenvalue weighted by molar-refractivity contribution is 5.96. The van der Waals surface area contributed by atoms with Gasteiger partial charge in [-0.05, 0) is 19.1 Å². The molecule has 1 amide bonds. The molecule has 0 spiro atoms. The summed E-state index contributed by atoms with van der Waals surface area (Å²) in [7, 11) is 1.45. The lowest BCUT2D eigenvalue weighted by Gasteiger charge is -2.35. The van der Waals surface area contributed by atoms with E-state index in [0.29, 0.717) is 18.7 Å². The Morgan fingerprint density at radius 1 is 1.52 bits per heavy atom. The zero-order valence-electron chi connectivity index (χ0n) is 12.0. The molecule has 0 aromatic carbocycles. The van der Waals surface area contributed by atoms with Gasteiger partial charge >= 0.3 is 5.97 Å². The van der Waals surface area contributed by atoms with Crippen LogP contribution in [0.2, 0.25) is 0 Å². The zero-order valence-corrected chi connectivity index (χ0v) is 12.0. The van der Waals surface area contributed by atoms with Crippen molar-refractivity contribution in [3.8, 4) is 5.88 Å². The van der Waals surface area contributed by atoms with Gasteiger partial charge in [0, 0.05) is 12.2 Å². The van der Waals surface area contributed by atoms with Crippen LogP contribution in [0.5, 0.6) is 5.88 Å². The Labute approximate surface area is 122 Å². The highest BCUT2D eigenvalue weighted by Crippen LogP contribution is 2.21. The predicted octanol–water partition coefficient (Wildman–Crippen LogP) is 0.714. The van der Waals surface area contributed by atoms with Crippen LogP contribution in [-0.4, -0.2) is 59.8 Å². The fourth-order valence-corrected chi connectivity index (χ4v) is 2.30. The van der Waals surface area contributed by atoms with Crippen molar-refractivity contribution in [1.82, 2.24) is 9.88 Å². The fourth-order valence-electron chi connectivity index (χ4n) is 2.30. The number of ether oxygens (including phenoxy) is 2. The third-order valence-electron chi connectivity index (χ3n) is 3.32. The van der Waals surface area contributed by atoms with Crippen molar-refractivity contribution >= 4 is 11.9 Å². The Hall–Kier alpha value is -2.15. The molecule has 1 aromatic rings. The Balaban J connectivity index is 2.26. The maximum atomic E-state index is 12.6. The molecule has 1 atom stereocenters. The topological polar surface area (TPSA) is 89.0 Å². The first kappa shape index (κ1) is 15.2. The maximum Gasteiger partial charge on any atom is 0.305 e. The number of aromatic nitrogens is 1. The van der Waals surface area contributed by atoms with E-state index in [4.69, 9.17) is 14.6 Å². The van der Waals surface area contributed by atoms with E-state index in [2.05, 4.69) is 4.98 Å². The van der Waals surface area contributed by atoms with Crippen molar-refractivity contribution in [3.63, 3.8) is 0 Å². The molecular weight excluding hydrogens is 276 g/mol. The molecule has 1 N–H and O–H groups in total. The summed E-state index contributed by atoms with van der Waals surface area (Å²) in [5.41, 5.74) is 1.08. The summed E-state index contributed by atoms with van der Waals surface area (Å²) in [6.45, 7) is 2.77. The highest BCUT2D eigenvalue weighted by Gasteiger charge is 2.31. The number of aryl methyl sites for hydroxylation is 1. The van der Waals surface area contributed by atoms with Gasteiger partial charge in [0.1, 0.15) is 5.56 Å². The largest absolute Gasteiger partial charge is 0.481 e. The highest BCUT2D eigenvalue weighted by atomic mass is 16.5. The van der Waals surface area contributed by atoms with Gasteiger partial charge in [-0.1, -0.05) is 0 Å².